The molecule has 1 unspecified atom stereocenters. The summed E-state index contributed by atoms with van der Waals surface area (Å²) in [7, 11) is 0. The molecule has 48 valence electrons. The van der Waals surface area contributed by atoms with E-state index in [4.69, 9.17) is 11.3 Å². The van der Waals surface area contributed by atoms with Crippen molar-refractivity contribution in [2.24, 2.45) is 0 Å². The molecule has 2 heteroatoms. The van der Waals surface area contributed by atoms with Gasteiger partial charge >= 0.3 is 0 Å². The van der Waals surface area contributed by atoms with Crippen LogP contribution in [0.3, 0.4) is 0 Å². The first-order valence-corrected chi connectivity index (χ1v) is 2.93. The maximum absolute atomic E-state index is 6.61. The van der Waals surface area contributed by atoms with Crippen molar-refractivity contribution >= 4 is 0 Å². The van der Waals surface area contributed by atoms with Crippen LogP contribution in [0.1, 0.15) is 13.3 Å². The lowest BCUT2D eigenvalue weighted by Crippen LogP contribution is -2.25. The standard InChI is InChI=1S/C7H9NO/c1-7(6-8-2)4-3-5-9-7/h3,5H,4,6H2,1H3. The van der Waals surface area contributed by atoms with Gasteiger partial charge in [-0.15, -0.1) is 0 Å². The Kier molecular flexibility index (Phi) is 1.44. The van der Waals surface area contributed by atoms with Crippen molar-refractivity contribution in [3.8, 4) is 0 Å². The van der Waals surface area contributed by atoms with E-state index in [1.807, 2.05) is 13.0 Å². The molecule has 2 nitrogen and oxygen atoms in total. The highest BCUT2D eigenvalue weighted by Gasteiger charge is 2.30. The number of ether oxygens (including phenoxy) is 1. The Bertz CT molecular complexity index is 158. The van der Waals surface area contributed by atoms with E-state index in [1.165, 1.54) is 0 Å². The lowest BCUT2D eigenvalue weighted by Gasteiger charge is -2.15. The molecule has 0 saturated heterocycles. The molecule has 0 aromatic rings. The highest BCUT2D eigenvalue weighted by molar-refractivity contribution is 4.98. The van der Waals surface area contributed by atoms with Crippen molar-refractivity contribution in [1.29, 1.82) is 0 Å². The minimum Gasteiger partial charge on any atom is -0.487 e. The van der Waals surface area contributed by atoms with Crippen LogP contribution in [0.4, 0.5) is 0 Å². The Hall–Kier alpha value is -0.970. The minimum atomic E-state index is -0.220. The summed E-state index contributed by atoms with van der Waals surface area (Å²) in [6.45, 7) is 9.02. The molecule has 0 fully saturated rings. The lowest BCUT2D eigenvalue weighted by atomic mass is 10.1. The van der Waals surface area contributed by atoms with E-state index in [0.717, 1.165) is 6.42 Å². The molecule has 1 aliphatic heterocycles. The molecule has 0 aromatic heterocycles. The van der Waals surface area contributed by atoms with Gasteiger partial charge in [-0.05, 0) is 13.0 Å². The van der Waals surface area contributed by atoms with Gasteiger partial charge in [-0.2, -0.15) is 0 Å². The van der Waals surface area contributed by atoms with E-state index in [9.17, 15) is 0 Å². The number of hydrogen-bond acceptors (Lipinski definition) is 1. The maximum atomic E-state index is 6.61. The second kappa shape index (κ2) is 2.10. The van der Waals surface area contributed by atoms with Crippen LogP contribution >= 0.6 is 0 Å². The number of nitrogens with zero attached hydrogens (tertiary/aromatic N) is 1. The zero-order chi connectivity index (χ0) is 6.74. The van der Waals surface area contributed by atoms with Gasteiger partial charge in [-0.25, -0.2) is 6.57 Å². The molecule has 0 N–H and O–H groups in total. The second-order valence-corrected chi connectivity index (χ2v) is 2.46. The predicted molar refractivity (Wildman–Crippen MR) is 34.7 cm³/mol. The van der Waals surface area contributed by atoms with Gasteiger partial charge in [0.1, 0.15) is 0 Å². The average Bonchev–Trinajstić information content (AvgIpc) is 2.16. The molecule has 1 rings (SSSR count). The van der Waals surface area contributed by atoms with Crippen LogP contribution in [0, 0.1) is 6.57 Å². The summed E-state index contributed by atoms with van der Waals surface area (Å²) in [6, 6.07) is 0. The van der Waals surface area contributed by atoms with Gasteiger partial charge in [0.15, 0.2) is 5.60 Å². The highest BCUT2D eigenvalue weighted by atomic mass is 16.5. The predicted octanol–water partition coefficient (Wildman–Crippen LogP) is 1.60. The third kappa shape index (κ3) is 1.23. The highest BCUT2D eigenvalue weighted by Crippen LogP contribution is 2.22. The van der Waals surface area contributed by atoms with Crippen molar-refractivity contribution in [1.82, 2.24) is 0 Å². The summed E-state index contributed by atoms with van der Waals surface area (Å²) in [4.78, 5) is 3.27. The Labute approximate surface area is 54.9 Å². The quantitative estimate of drug-likeness (QED) is 0.483. The van der Waals surface area contributed by atoms with E-state index in [1.54, 1.807) is 6.26 Å². The zero-order valence-electron chi connectivity index (χ0n) is 5.42. The Morgan fingerprint density at radius 2 is 2.67 bits per heavy atom. The molecule has 0 aliphatic carbocycles. The Morgan fingerprint density at radius 1 is 1.89 bits per heavy atom. The van der Waals surface area contributed by atoms with Gasteiger partial charge in [-0.3, -0.25) is 0 Å². The Balaban J connectivity index is 2.47. The SMILES string of the molecule is [C-]#[N+]CC1(C)CC=CO1. The molecule has 0 bridgehead atoms. The first kappa shape index (κ1) is 6.15. The smallest absolute Gasteiger partial charge is 0.253 e. The average molecular weight is 123 g/mol. The molecule has 0 aromatic carbocycles. The van der Waals surface area contributed by atoms with Crippen LogP contribution in [0.2, 0.25) is 0 Å². The largest absolute Gasteiger partial charge is 0.487 e. The topological polar surface area (TPSA) is 13.6 Å². The van der Waals surface area contributed by atoms with Gasteiger partial charge in [0.05, 0.1) is 6.26 Å². The molecule has 0 amide bonds. The van der Waals surface area contributed by atoms with Crippen molar-refractivity contribution in [3.63, 3.8) is 0 Å². The van der Waals surface area contributed by atoms with Gasteiger partial charge in [0.25, 0.3) is 6.54 Å². The number of rotatable bonds is 1. The minimum absolute atomic E-state index is 0.220. The van der Waals surface area contributed by atoms with Crippen LogP contribution in [0.5, 0.6) is 0 Å². The third-order valence-corrected chi connectivity index (χ3v) is 1.41. The molecule has 0 spiro atoms. The first-order chi connectivity index (χ1) is 4.27. The summed E-state index contributed by atoms with van der Waals surface area (Å²) in [5, 5.41) is 0. The zero-order valence-corrected chi connectivity index (χ0v) is 5.42. The van der Waals surface area contributed by atoms with Crippen LogP contribution in [0.15, 0.2) is 12.3 Å². The molecule has 1 aliphatic rings. The fourth-order valence-corrected chi connectivity index (χ4v) is 0.827. The molecular formula is C7H9NO. The molecule has 0 saturated carbocycles. The normalized spacial score (nSPS) is 31.6. The molecule has 1 heterocycles. The second-order valence-electron chi connectivity index (χ2n) is 2.46. The van der Waals surface area contributed by atoms with Crippen molar-refractivity contribution in [2.75, 3.05) is 6.54 Å². The maximum Gasteiger partial charge on any atom is 0.253 e. The van der Waals surface area contributed by atoms with Crippen molar-refractivity contribution in [3.05, 3.63) is 23.8 Å². The third-order valence-electron chi connectivity index (χ3n) is 1.41. The van der Waals surface area contributed by atoms with Gasteiger partial charge in [-0.1, -0.05) is 0 Å². The molecule has 0 radical (unpaired) electrons. The van der Waals surface area contributed by atoms with E-state index >= 15 is 0 Å². The van der Waals surface area contributed by atoms with Crippen molar-refractivity contribution in [2.45, 2.75) is 18.9 Å². The summed E-state index contributed by atoms with van der Waals surface area (Å²) >= 11 is 0. The fraction of sp³-hybridized carbons (Fsp3) is 0.571. The van der Waals surface area contributed by atoms with Crippen LogP contribution in [0.25, 0.3) is 4.85 Å². The number of hydrogen-bond donors (Lipinski definition) is 0. The summed E-state index contributed by atoms with van der Waals surface area (Å²) < 4.78 is 5.19. The van der Waals surface area contributed by atoms with E-state index in [-0.39, 0.29) is 5.60 Å². The Morgan fingerprint density at radius 3 is 3.11 bits per heavy atom. The summed E-state index contributed by atoms with van der Waals surface area (Å²) in [5.41, 5.74) is -0.220. The molecule has 1 atom stereocenters. The fourth-order valence-electron chi connectivity index (χ4n) is 0.827. The summed E-state index contributed by atoms with van der Waals surface area (Å²) in [6.07, 6.45) is 4.49. The summed E-state index contributed by atoms with van der Waals surface area (Å²) in [5.74, 6) is 0. The van der Waals surface area contributed by atoms with Gasteiger partial charge in [0, 0.05) is 6.42 Å². The van der Waals surface area contributed by atoms with Gasteiger partial charge < -0.3 is 9.58 Å². The first-order valence-electron chi connectivity index (χ1n) is 2.93. The van der Waals surface area contributed by atoms with Crippen molar-refractivity contribution < 1.29 is 4.74 Å². The van der Waals surface area contributed by atoms with Gasteiger partial charge in [0.2, 0.25) is 0 Å². The molecule has 9 heavy (non-hydrogen) atoms. The molecular weight excluding hydrogens is 114 g/mol. The van der Waals surface area contributed by atoms with Crippen LogP contribution in [-0.4, -0.2) is 12.1 Å². The monoisotopic (exact) mass is 123 g/mol. The van der Waals surface area contributed by atoms with E-state index < -0.39 is 0 Å². The van der Waals surface area contributed by atoms with Crippen LogP contribution in [-0.2, 0) is 4.74 Å². The van der Waals surface area contributed by atoms with E-state index in [0.29, 0.717) is 6.54 Å². The lowest BCUT2D eigenvalue weighted by molar-refractivity contribution is 0.0797. The van der Waals surface area contributed by atoms with Crippen LogP contribution < -0.4 is 0 Å². The van der Waals surface area contributed by atoms with E-state index in [2.05, 4.69) is 4.85 Å².